The van der Waals surface area contributed by atoms with Gasteiger partial charge in [-0.05, 0) is 67.8 Å². The maximum Gasteiger partial charge on any atom is 0.0478 e. The number of halogens is 3. The summed E-state index contributed by atoms with van der Waals surface area (Å²) in [5.41, 5.74) is 3.41. The quantitative estimate of drug-likeness (QED) is 0.367. The third-order valence-corrected chi connectivity index (χ3v) is 4.52. The Morgan fingerprint density at radius 2 is 1.13 bits per heavy atom. The number of benzene rings is 3. The fourth-order valence-corrected chi connectivity index (χ4v) is 2.88. The molecule has 0 N–H and O–H groups in total. The third-order valence-electron chi connectivity index (χ3n) is 3.69. The second-order valence-corrected chi connectivity index (χ2v) is 7.41. The lowest BCUT2D eigenvalue weighted by Crippen LogP contribution is -1.70. The maximum atomic E-state index is 5.85. The minimum atomic E-state index is 0.785. The third kappa shape index (κ3) is 11.1. The van der Waals surface area contributed by atoms with E-state index < -0.39 is 0 Å². The van der Waals surface area contributed by atoms with Crippen LogP contribution in [0.15, 0.2) is 91.0 Å². The molecule has 0 nitrogen and oxygen atoms in total. The summed E-state index contributed by atoms with van der Waals surface area (Å²) in [6, 6.07) is 23.3. The van der Waals surface area contributed by atoms with Crippen molar-refractivity contribution in [2.75, 3.05) is 0 Å². The number of allylic oxidation sites excluding steroid dienone is 3. The van der Waals surface area contributed by atoms with Crippen molar-refractivity contribution in [2.45, 2.75) is 20.8 Å². The van der Waals surface area contributed by atoms with Gasteiger partial charge in [-0.25, -0.2) is 0 Å². The Bertz CT molecular complexity index is 952. The van der Waals surface area contributed by atoms with E-state index in [0.717, 1.165) is 26.2 Å². The second-order valence-electron chi connectivity index (χ2n) is 6.13. The van der Waals surface area contributed by atoms with Crippen LogP contribution in [-0.2, 0) is 0 Å². The maximum absolute atomic E-state index is 5.85. The number of hydrogen-bond donors (Lipinski definition) is 0. The van der Waals surface area contributed by atoms with Crippen molar-refractivity contribution in [1.82, 2.24) is 0 Å². The predicted octanol–water partition coefficient (Wildman–Crippen LogP) is 10.1. The van der Waals surface area contributed by atoms with Crippen molar-refractivity contribution in [3.05, 3.63) is 123 Å². The van der Waals surface area contributed by atoms with Gasteiger partial charge in [-0.15, -0.1) is 0 Å². The molecule has 0 saturated carbocycles. The molecule has 30 heavy (non-hydrogen) atoms. The first-order valence-corrected chi connectivity index (χ1v) is 10.8. The van der Waals surface area contributed by atoms with Gasteiger partial charge in [-0.1, -0.05) is 114 Å². The van der Waals surface area contributed by atoms with Crippen molar-refractivity contribution in [3.63, 3.8) is 0 Å². The fourth-order valence-electron chi connectivity index (χ4n) is 2.36. The molecule has 0 aliphatic heterocycles. The predicted molar refractivity (Wildman–Crippen MR) is 138 cm³/mol. The Morgan fingerprint density at radius 3 is 1.70 bits per heavy atom. The zero-order chi connectivity index (χ0) is 22.2. The minimum absolute atomic E-state index is 0.785. The van der Waals surface area contributed by atoms with Gasteiger partial charge < -0.3 is 0 Å². The first kappa shape index (κ1) is 25.8. The van der Waals surface area contributed by atoms with Gasteiger partial charge in [-0.3, -0.25) is 0 Å². The Hall–Kier alpha value is -2.25. The summed E-state index contributed by atoms with van der Waals surface area (Å²) in [6.07, 6.45) is 12.0. The molecule has 0 bridgehead atoms. The highest BCUT2D eigenvalue weighted by atomic mass is 35.5. The summed E-state index contributed by atoms with van der Waals surface area (Å²) in [5, 5.41) is 2.38. The smallest absolute Gasteiger partial charge is 0.0478 e. The highest BCUT2D eigenvalue weighted by Crippen LogP contribution is 2.15. The van der Waals surface area contributed by atoms with Gasteiger partial charge in [0.2, 0.25) is 0 Å². The summed E-state index contributed by atoms with van der Waals surface area (Å²) in [6.45, 7) is 5.96. The molecule has 0 heterocycles. The molecule has 3 aromatic carbocycles. The van der Waals surface area contributed by atoms with E-state index in [1.54, 1.807) is 0 Å². The largest absolute Gasteiger partial charge is 0.0871 e. The van der Waals surface area contributed by atoms with E-state index >= 15 is 0 Å². The van der Waals surface area contributed by atoms with E-state index in [0.29, 0.717) is 0 Å². The molecule has 0 aliphatic carbocycles. The lowest BCUT2D eigenvalue weighted by Gasteiger charge is -1.93. The highest BCUT2D eigenvalue weighted by molar-refractivity contribution is 6.32. The molecule has 3 aromatic rings. The van der Waals surface area contributed by atoms with Crippen molar-refractivity contribution in [2.24, 2.45) is 0 Å². The minimum Gasteiger partial charge on any atom is -0.0871 e. The Morgan fingerprint density at radius 1 is 0.533 bits per heavy atom. The molecule has 3 rings (SSSR count). The van der Waals surface area contributed by atoms with Gasteiger partial charge in [0.15, 0.2) is 0 Å². The summed E-state index contributed by atoms with van der Waals surface area (Å²) >= 11 is 17.3. The molecule has 0 atom stereocenters. The zero-order valence-electron chi connectivity index (χ0n) is 17.5. The molecule has 0 amide bonds. The van der Waals surface area contributed by atoms with E-state index in [1.165, 1.54) is 5.56 Å². The van der Waals surface area contributed by atoms with Gasteiger partial charge in [-0.2, -0.15) is 0 Å². The van der Waals surface area contributed by atoms with Crippen LogP contribution in [0.3, 0.4) is 0 Å². The lowest BCUT2D eigenvalue weighted by atomic mass is 10.2. The first-order valence-electron chi connectivity index (χ1n) is 9.64. The topological polar surface area (TPSA) is 0 Å². The summed E-state index contributed by atoms with van der Waals surface area (Å²) in [4.78, 5) is 0. The molecule has 0 aliphatic rings. The molecular formula is C27H27Cl3. The summed E-state index contributed by atoms with van der Waals surface area (Å²) < 4.78 is 0. The van der Waals surface area contributed by atoms with Crippen LogP contribution in [-0.4, -0.2) is 0 Å². The van der Waals surface area contributed by atoms with Crippen molar-refractivity contribution in [1.29, 1.82) is 0 Å². The van der Waals surface area contributed by atoms with E-state index in [-0.39, 0.29) is 0 Å². The van der Waals surface area contributed by atoms with E-state index in [2.05, 4.69) is 0 Å². The van der Waals surface area contributed by atoms with Gasteiger partial charge in [0.25, 0.3) is 0 Å². The Labute approximate surface area is 196 Å². The highest BCUT2D eigenvalue weighted by Gasteiger charge is 1.90. The standard InChI is InChI=1S/3C9H9Cl/c1-2-5-8-6-3-4-7-9(8)10;1-2-4-8-5-3-6-9(10)7-8;1-2-3-8-4-6-9(10)7-5-8/h3*2-7H,1H3/b5-2+;4-2+;3-2+. The van der Waals surface area contributed by atoms with Gasteiger partial charge in [0.1, 0.15) is 0 Å². The average molecular weight is 458 g/mol. The van der Waals surface area contributed by atoms with Crippen LogP contribution in [0.1, 0.15) is 37.5 Å². The average Bonchev–Trinajstić information content (AvgIpc) is 2.73. The molecule has 3 heteroatoms. The Balaban J connectivity index is 0.000000225. The molecule has 0 aromatic heterocycles. The molecule has 0 unspecified atom stereocenters. The number of rotatable bonds is 3. The van der Waals surface area contributed by atoms with Crippen LogP contribution in [0.2, 0.25) is 15.1 Å². The summed E-state index contributed by atoms with van der Waals surface area (Å²) in [5.74, 6) is 0. The molecule has 0 fully saturated rings. The molecule has 156 valence electrons. The fraction of sp³-hybridized carbons (Fsp3) is 0.111. The van der Waals surface area contributed by atoms with Crippen LogP contribution in [0.4, 0.5) is 0 Å². The number of hydrogen-bond acceptors (Lipinski definition) is 0. The van der Waals surface area contributed by atoms with Crippen LogP contribution in [0.25, 0.3) is 18.2 Å². The van der Waals surface area contributed by atoms with Gasteiger partial charge >= 0.3 is 0 Å². The molecular weight excluding hydrogens is 431 g/mol. The first-order chi connectivity index (χ1) is 14.5. The lowest BCUT2D eigenvalue weighted by molar-refractivity contribution is 1.64. The van der Waals surface area contributed by atoms with Crippen LogP contribution >= 0.6 is 34.8 Å². The van der Waals surface area contributed by atoms with Crippen LogP contribution in [0.5, 0.6) is 0 Å². The van der Waals surface area contributed by atoms with Crippen LogP contribution < -0.4 is 0 Å². The van der Waals surface area contributed by atoms with Crippen molar-refractivity contribution in [3.8, 4) is 0 Å². The van der Waals surface area contributed by atoms with E-state index in [4.69, 9.17) is 34.8 Å². The summed E-state index contributed by atoms with van der Waals surface area (Å²) in [7, 11) is 0. The van der Waals surface area contributed by atoms with E-state index in [1.807, 2.05) is 130 Å². The SMILES string of the molecule is C/C=C/c1ccc(Cl)cc1.C/C=C/c1cccc(Cl)c1.C/C=C/c1ccccc1Cl. The van der Waals surface area contributed by atoms with Crippen LogP contribution in [0, 0.1) is 0 Å². The van der Waals surface area contributed by atoms with Gasteiger partial charge in [0.05, 0.1) is 0 Å². The van der Waals surface area contributed by atoms with E-state index in [9.17, 15) is 0 Å². The molecule has 0 spiro atoms. The molecule has 0 saturated heterocycles. The monoisotopic (exact) mass is 456 g/mol. The zero-order valence-corrected chi connectivity index (χ0v) is 19.8. The van der Waals surface area contributed by atoms with Crippen molar-refractivity contribution < 1.29 is 0 Å². The molecule has 0 radical (unpaired) electrons. The van der Waals surface area contributed by atoms with Gasteiger partial charge in [0, 0.05) is 15.1 Å². The second kappa shape index (κ2) is 15.6. The normalized spacial score (nSPS) is 10.6. The van der Waals surface area contributed by atoms with Crippen molar-refractivity contribution >= 4 is 53.0 Å². The Kier molecular flexibility index (Phi) is 13.4.